The van der Waals surface area contributed by atoms with Crippen molar-refractivity contribution in [3.63, 3.8) is 0 Å². The van der Waals surface area contributed by atoms with Crippen LogP contribution in [0, 0.1) is 6.92 Å². The molecule has 0 bridgehead atoms. The van der Waals surface area contributed by atoms with Crippen LogP contribution in [0.1, 0.15) is 36.4 Å². The molecule has 2 nitrogen and oxygen atoms in total. The van der Waals surface area contributed by atoms with Gasteiger partial charge in [-0.1, -0.05) is 18.0 Å². The molecule has 3 heteroatoms. The zero-order chi connectivity index (χ0) is 11.5. The third kappa shape index (κ3) is 2.33. The summed E-state index contributed by atoms with van der Waals surface area (Å²) in [6.07, 6.45) is 3.74. The zero-order valence-electron chi connectivity index (χ0n) is 9.85. The van der Waals surface area contributed by atoms with Gasteiger partial charge in [0.15, 0.2) is 0 Å². The number of rotatable bonds is 2. The number of ether oxygens (including phenoxy) is 1. The first kappa shape index (κ1) is 11.7. The van der Waals surface area contributed by atoms with E-state index >= 15 is 0 Å². The summed E-state index contributed by atoms with van der Waals surface area (Å²) >= 11 is 6.21. The van der Waals surface area contributed by atoms with Crippen molar-refractivity contribution < 1.29 is 4.74 Å². The molecule has 1 heterocycles. The number of methoxy groups -OCH3 is 1. The molecule has 0 aliphatic carbocycles. The van der Waals surface area contributed by atoms with Crippen molar-refractivity contribution in [3.8, 4) is 5.75 Å². The van der Waals surface area contributed by atoms with E-state index in [9.17, 15) is 0 Å². The van der Waals surface area contributed by atoms with Crippen LogP contribution in [0.15, 0.2) is 12.1 Å². The average molecular weight is 240 g/mol. The molecule has 16 heavy (non-hydrogen) atoms. The molecular formula is C13H18ClNO. The van der Waals surface area contributed by atoms with Crippen LogP contribution in [-0.4, -0.2) is 13.7 Å². The lowest BCUT2D eigenvalue weighted by molar-refractivity contribution is 0.398. The first-order valence-corrected chi connectivity index (χ1v) is 6.17. The molecule has 2 rings (SSSR count). The summed E-state index contributed by atoms with van der Waals surface area (Å²) in [6, 6.07) is 4.59. The molecular weight excluding hydrogens is 222 g/mol. The maximum atomic E-state index is 6.21. The summed E-state index contributed by atoms with van der Waals surface area (Å²) in [6.45, 7) is 3.08. The van der Waals surface area contributed by atoms with Gasteiger partial charge in [-0.05, 0) is 44.0 Å². The summed E-state index contributed by atoms with van der Waals surface area (Å²) in [5, 5.41) is 4.31. The van der Waals surface area contributed by atoms with E-state index < -0.39 is 0 Å². The summed E-state index contributed by atoms with van der Waals surface area (Å²) in [5.74, 6) is 0.884. The second-order valence-corrected chi connectivity index (χ2v) is 4.74. The minimum Gasteiger partial charge on any atom is -0.496 e. The standard InChI is InChI=1S/C13H18ClNO/c1-9-11(14)7-10(8-13(9)16-2)12-5-3-4-6-15-12/h7-8,12,15H,3-6H2,1-2H3. The summed E-state index contributed by atoms with van der Waals surface area (Å²) in [7, 11) is 1.69. The van der Waals surface area contributed by atoms with Gasteiger partial charge >= 0.3 is 0 Å². The fourth-order valence-corrected chi connectivity index (χ4v) is 2.44. The Kier molecular flexibility index (Phi) is 3.72. The summed E-state index contributed by atoms with van der Waals surface area (Å²) in [5.41, 5.74) is 2.26. The van der Waals surface area contributed by atoms with Crippen LogP contribution < -0.4 is 10.1 Å². The predicted octanol–water partition coefficient (Wildman–Crippen LogP) is 3.47. The Morgan fingerprint density at radius 2 is 2.19 bits per heavy atom. The lowest BCUT2D eigenvalue weighted by Gasteiger charge is -2.24. The van der Waals surface area contributed by atoms with E-state index in [-0.39, 0.29) is 0 Å². The molecule has 1 aromatic carbocycles. The normalized spacial score (nSPS) is 20.8. The fraction of sp³-hybridized carbons (Fsp3) is 0.538. The highest BCUT2D eigenvalue weighted by molar-refractivity contribution is 6.31. The Labute approximate surface area is 102 Å². The van der Waals surface area contributed by atoms with Gasteiger partial charge in [0.1, 0.15) is 5.75 Å². The Morgan fingerprint density at radius 3 is 2.81 bits per heavy atom. The zero-order valence-corrected chi connectivity index (χ0v) is 10.6. The number of hydrogen-bond acceptors (Lipinski definition) is 2. The van der Waals surface area contributed by atoms with Crippen LogP contribution in [-0.2, 0) is 0 Å². The van der Waals surface area contributed by atoms with Crippen molar-refractivity contribution >= 4 is 11.6 Å². The van der Waals surface area contributed by atoms with Gasteiger partial charge in [0.05, 0.1) is 7.11 Å². The molecule has 1 N–H and O–H groups in total. The quantitative estimate of drug-likeness (QED) is 0.853. The Balaban J connectivity index is 2.29. The van der Waals surface area contributed by atoms with Crippen LogP contribution in [0.5, 0.6) is 5.75 Å². The van der Waals surface area contributed by atoms with Crippen molar-refractivity contribution in [2.45, 2.75) is 32.2 Å². The molecule has 1 fully saturated rings. The predicted molar refractivity (Wildman–Crippen MR) is 67.3 cm³/mol. The maximum absolute atomic E-state index is 6.21. The molecule has 88 valence electrons. The van der Waals surface area contributed by atoms with Gasteiger partial charge in [-0.25, -0.2) is 0 Å². The van der Waals surface area contributed by atoms with Gasteiger partial charge in [-0.3, -0.25) is 0 Å². The molecule has 1 unspecified atom stereocenters. The van der Waals surface area contributed by atoms with Gasteiger partial charge < -0.3 is 10.1 Å². The Bertz CT molecular complexity index is 372. The Morgan fingerprint density at radius 1 is 1.38 bits per heavy atom. The SMILES string of the molecule is COc1cc(C2CCCCN2)cc(Cl)c1C. The minimum absolute atomic E-state index is 0.431. The topological polar surface area (TPSA) is 21.3 Å². The Hall–Kier alpha value is -0.730. The second kappa shape index (κ2) is 5.07. The third-order valence-corrected chi connectivity index (χ3v) is 3.64. The van der Waals surface area contributed by atoms with Gasteiger partial charge in [0.2, 0.25) is 0 Å². The summed E-state index contributed by atoms with van der Waals surface area (Å²) in [4.78, 5) is 0. The van der Waals surface area contributed by atoms with Crippen molar-refractivity contribution in [3.05, 3.63) is 28.3 Å². The molecule has 1 aliphatic heterocycles. The van der Waals surface area contributed by atoms with E-state index in [1.165, 1.54) is 24.8 Å². The van der Waals surface area contributed by atoms with Crippen molar-refractivity contribution in [2.75, 3.05) is 13.7 Å². The van der Waals surface area contributed by atoms with Gasteiger partial charge in [-0.2, -0.15) is 0 Å². The van der Waals surface area contributed by atoms with Crippen LogP contribution >= 0.6 is 11.6 Å². The summed E-state index contributed by atoms with van der Waals surface area (Å²) < 4.78 is 5.35. The first-order valence-electron chi connectivity index (χ1n) is 5.80. The molecule has 0 saturated carbocycles. The lowest BCUT2D eigenvalue weighted by atomic mass is 9.96. The van der Waals surface area contributed by atoms with Crippen LogP contribution in [0.3, 0.4) is 0 Å². The first-order chi connectivity index (χ1) is 7.72. The molecule has 1 atom stereocenters. The van der Waals surface area contributed by atoms with Gasteiger partial charge in [-0.15, -0.1) is 0 Å². The number of nitrogens with one attached hydrogen (secondary N) is 1. The number of halogens is 1. The molecule has 0 spiro atoms. The third-order valence-electron chi connectivity index (χ3n) is 3.25. The molecule has 0 radical (unpaired) electrons. The largest absolute Gasteiger partial charge is 0.496 e. The van der Waals surface area contributed by atoms with Crippen molar-refractivity contribution in [1.29, 1.82) is 0 Å². The van der Waals surface area contributed by atoms with Crippen molar-refractivity contribution in [2.24, 2.45) is 0 Å². The van der Waals surface area contributed by atoms with Crippen LogP contribution in [0.25, 0.3) is 0 Å². The minimum atomic E-state index is 0.431. The number of benzene rings is 1. The van der Waals surface area contributed by atoms with Crippen LogP contribution in [0.4, 0.5) is 0 Å². The maximum Gasteiger partial charge on any atom is 0.123 e. The van der Waals surface area contributed by atoms with E-state index in [1.807, 2.05) is 6.92 Å². The number of hydrogen-bond donors (Lipinski definition) is 1. The highest BCUT2D eigenvalue weighted by Gasteiger charge is 2.17. The van der Waals surface area contributed by atoms with E-state index in [0.29, 0.717) is 6.04 Å². The number of piperidine rings is 1. The molecule has 1 aromatic rings. The second-order valence-electron chi connectivity index (χ2n) is 4.33. The highest BCUT2D eigenvalue weighted by atomic mass is 35.5. The molecule has 0 aromatic heterocycles. The smallest absolute Gasteiger partial charge is 0.123 e. The molecule has 1 aliphatic rings. The molecule has 0 amide bonds. The highest BCUT2D eigenvalue weighted by Crippen LogP contribution is 2.32. The fourth-order valence-electron chi connectivity index (χ4n) is 2.22. The van der Waals surface area contributed by atoms with E-state index in [2.05, 4.69) is 17.4 Å². The van der Waals surface area contributed by atoms with E-state index in [4.69, 9.17) is 16.3 Å². The molecule has 1 saturated heterocycles. The monoisotopic (exact) mass is 239 g/mol. The lowest BCUT2D eigenvalue weighted by Crippen LogP contribution is -2.26. The van der Waals surface area contributed by atoms with Gasteiger partial charge in [0, 0.05) is 16.6 Å². The van der Waals surface area contributed by atoms with Crippen LogP contribution in [0.2, 0.25) is 5.02 Å². The van der Waals surface area contributed by atoms with E-state index in [1.54, 1.807) is 7.11 Å². The average Bonchev–Trinajstić information content (AvgIpc) is 2.33. The van der Waals surface area contributed by atoms with Crippen molar-refractivity contribution in [1.82, 2.24) is 5.32 Å². The van der Waals surface area contributed by atoms with Gasteiger partial charge in [0.25, 0.3) is 0 Å². The van der Waals surface area contributed by atoms with E-state index in [0.717, 1.165) is 22.9 Å².